The van der Waals surface area contributed by atoms with Gasteiger partial charge in [0.25, 0.3) is 0 Å². The van der Waals surface area contributed by atoms with E-state index < -0.39 is 6.04 Å². The van der Waals surface area contributed by atoms with Crippen molar-refractivity contribution in [1.29, 1.82) is 0 Å². The topological polar surface area (TPSA) is 64.3 Å². The Morgan fingerprint density at radius 3 is 2.74 bits per heavy atom. The van der Waals surface area contributed by atoms with Crippen LogP contribution in [-0.4, -0.2) is 31.1 Å². The number of nitrogens with two attached hydrogens (primary N) is 1. The minimum absolute atomic E-state index is 0.150. The number of amides is 1. The number of benzene rings is 1. The Labute approximate surface area is 119 Å². The lowest BCUT2D eigenvalue weighted by molar-refractivity contribution is -0.117. The van der Waals surface area contributed by atoms with Crippen LogP contribution in [-0.2, 0) is 4.79 Å². The molecule has 0 aliphatic carbocycles. The number of anilines is 1. The molecule has 1 amide bonds. The van der Waals surface area contributed by atoms with E-state index in [2.05, 4.69) is 5.32 Å². The van der Waals surface area contributed by atoms with E-state index in [-0.39, 0.29) is 5.91 Å². The number of nitrogens with one attached hydrogen (secondary N) is 1. The average molecular weight is 282 g/mol. The van der Waals surface area contributed by atoms with Crippen LogP contribution in [0.1, 0.15) is 17.5 Å². The van der Waals surface area contributed by atoms with E-state index in [1.165, 1.54) is 0 Å². The molecule has 1 aromatic carbocycles. The largest absolute Gasteiger partial charge is 0.496 e. The number of thioether (sulfide) groups is 1. The first-order chi connectivity index (χ1) is 9.01. The van der Waals surface area contributed by atoms with Crippen LogP contribution < -0.4 is 15.8 Å². The first-order valence-electron chi connectivity index (χ1n) is 6.20. The van der Waals surface area contributed by atoms with Crippen molar-refractivity contribution < 1.29 is 9.53 Å². The highest BCUT2D eigenvalue weighted by molar-refractivity contribution is 7.98. The van der Waals surface area contributed by atoms with E-state index in [1.54, 1.807) is 18.9 Å². The molecule has 0 aliphatic heterocycles. The summed E-state index contributed by atoms with van der Waals surface area (Å²) in [5.41, 5.74) is 8.57. The van der Waals surface area contributed by atoms with Crippen LogP contribution in [0.25, 0.3) is 0 Å². The summed E-state index contributed by atoms with van der Waals surface area (Å²) in [7, 11) is 1.63. The molecular formula is C14H22N2O2S. The van der Waals surface area contributed by atoms with Gasteiger partial charge in [-0.3, -0.25) is 4.79 Å². The molecule has 0 heterocycles. The zero-order chi connectivity index (χ0) is 14.4. The average Bonchev–Trinajstić information content (AvgIpc) is 2.39. The molecule has 0 fully saturated rings. The molecule has 4 nitrogen and oxygen atoms in total. The summed E-state index contributed by atoms with van der Waals surface area (Å²) in [6.45, 7) is 3.90. The molecule has 0 radical (unpaired) electrons. The van der Waals surface area contributed by atoms with Crippen molar-refractivity contribution in [2.24, 2.45) is 5.73 Å². The highest BCUT2D eigenvalue weighted by Crippen LogP contribution is 2.29. The molecule has 0 saturated heterocycles. The summed E-state index contributed by atoms with van der Waals surface area (Å²) >= 11 is 1.68. The van der Waals surface area contributed by atoms with E-state index in [0.717, 1.165) is 28.3 Å². The summed E-state index contributed by atoms with van der Waals surface area (Å²) in [6.07, 6.45) is 2.68. The fourth-order valence-electron chi connectivity index (χ4n) is 1.88. The molecule has 1 atom stereocenters. The third-order valence-electron chi connectivity index (χ3n) is 3.03. The Morgan fingerprint density at radius 1 is 1.47 bits per heavy atom. The molecule has 5 heteroatoms. The van der Waals surface area contributed by atoms with Gasteiger partial charge in [0.15, 0.2) is 0 Å². The number of carbonyl (C=O) groups excluding carboxylic acids is 1. The van der Waals surface area contributed by atoms with Gasteiger partial charge in [-0.05, 0) is 43.9 Å². The second-order valence-corrected chi connectivity index (χ2v) is 5.45. The molecule has 1 aromatic rings. The second kappa shape index (κ2) is 7.40. The molecule has 3 N–H and O–H groups in total. The summed E-state index contributed by atoms with van der Waals surface area (Å²) in [4.78, 5) is 12.0. The van der Waals surface area contributed by atoms with Gasteiger partial charge < -0.3 is 15.8 Å². The van der Waals surface area contributed by atoms with E-state index in [9.17, 15) is 4.79 Å². The van der Waals surface area contributed by atoms with E-state index in [4.69, 9.17) is 10.5 Å². The summed E-state index contributed by atoms with van der Waals surface area (Å²) in [5.74, 6) is 1.53. The fourth-order valence-corrected chi connectivity index (χ4v) is 2.37. The van der Waals surface area contributed by atoms with Crippen molar-refractivity contribution >= 4 is 23.4 Å². The van der Waals surface area contributed by atoms with Gasteiger partial charge in [-0.2, -0.15) is 11.8 Å². The lowest BCUT2D eigenvalue weighted by Gasteiger charge is -2.16. The van der Waals surface area contributed by atoms with Crippen LogP contribution in [0.2, 0.25) is 0 Å². The van der Waals surface area contributed by atoms with Crippen LogP contribution in [0.5, 0.6) is 5.75 Å². The van der Waals surface area contributed by atoms with Crippen LogP contribution in [0.3, 0.4) is 0 Å². The van der Waals surface area contributed by atoms with Crippen molar-refractivity contribution in [3.8, 4) is 5.75 Å². The molecular weight excluding hydrogens is 260 g/mol. The van der Waals surface area contributed by atoms with E-state index >= 15 is 0 Å². The minimum atomic E-state index is -0.473. The molecule has 0 saturated carbocycles. The third kappa shape index (κ3) is 4.14. The molecule has 0 spiro atoms. The molecule has 19 heavy (non-hydrogen) atoms. The monoisotopic (exact) mass is 282 g/mol. The molecule has 1 rings (SSSR count). The van der Waals surface area contributed by atoms with E-state index in [0.29, 0.717) is 6.42 Å². The van der Waals surface area contributed by atoms with Crippen molar-refractivity contribution in [1.82, 2.24) is 0 Å². The molecule has 106 valence electrons. The SMILES string of the molecule is COc1c(C)ccc(NC(=O)[C@H](N)CCSC)c1C. The van der Waals surface area contributed by atoms with Gasteiger partial charge in [-0.15, -0.1) is 0 Å². The highest BCUT2D eigenvalue weighted by atomic mass is 32.2. The van der Waals surface area contributed by atoms with Gasteiger partial charge in [0.1, 0.15) is 5.75 Å². The molecule has 0 bridgehead atoms. The predicted octanol–water partition coefficient (Wildman–Crippen LogP) is 2.33. The van der Waals surface area contributed by atoms with Gasteiger partial charge in [0.05, 0.1) is 13.2 Å². The van der Waals surface area contributed by atoms with Gasteiger partial charge in [-0.25, -0.2) is 0 Å². The Hall–Kier alpha value is -1.20. The highest BCUT2D eigenvalue weighted by Gasteiger charge is 2.15. The minimum Gasteiger partial charge on any atom is -0.496 e. The Kier molecular flexibility index (Phi) is 6.18. The maximum atomic E-state index is 12.0. The quantitative estimate of drug-likeness (QED) is 0.840. The van der Waals surface area contributed by atoms with Gasteiger partial charge in [0.2, 0.25) is 5.91 Å². The zero-order valence-corrected chi connectivity index (χ0v) is 12.8. The first kappa shape index (κ1) is 15.9. The Balaban J connectivity index is 2.80. The predicted molar refractivity (Wildman–Crippen MR) is 82.1 cm³/mol. The van der Waals surface area contributed by atoms with Crippen LogP contribution in [0.4, 0.5) is 5.69 Å². The first-order valence-corrected chi connectivity index (χ1v) is 7.60. The number of hydrogen-bond acceptors (Lipinski definition) is 4. The normalized spacial score (nSPS) is 12.1. The number of hydrogen-bond donors (Lipinski definition) is 2. The fraction of sp³-hybridized carbons (Fsp3) is 0.500. The van der Waals surface area contributed by atoms with E-state index in [1.807, 2.05) is 32.2 Å². The summed E-state index contributed by atoms with van der Waals surface area (Å²) in [5, 5.41) is 2.87. The number of carbonyl (C=O) groups is 1. The molecule has 0 unspecified atom stereocenters. The zero-order valence-electron chi connectivity index (χ0n) is 11.9. The second-order valence-electron chi connectivity index (χ2n) is 4.47. The molecule has 0 aliphatic rings. The Bertz CT molecular complexity index is 449. The van der Waals surface area contributed by atoms with Crippen LogP contribution in [0.15, 0.2) is 12.1 Å². The van der Waals surface area contributed by atoms with Crippen molar-refractivity contribution in [3.63, 3.8) is 0 Å². The van der Waals surface area contributed by atoms with Crippen molar-refractivity contribution in [2.45, 2.75) is 26.3 Å². The lowest BCUT2D eigenvalue weighted by Crippen LogP contribution is -2.36. The van der Waals surface area contributed by atoms with Crippen LogP contribution in [0, 0.1) is 13.8 Å². The maximum absolute atomic E-state index is 12.0. The van der Waals surface area contributed by atoms with Crippen molar-refractivity contribution in [2.75, 3.05) is 24.4 Å². The number of rotatable bonds is 6. The number of ether oxygens (including phenoxy) is 1. The standard InChI is InChI=1S/C14H22N2O2S/c1-9-5-6-12(10(2)13(9)18-3)16-14(17)11(15)7-8-19-4/h5-6,11H,7-8,15H2,1-4H3,(H,16,17)/t11-/m1/s1. The van der Waals surface area contributed by atoms with Gasteiger partial charge in [0, 0.05) is 11.3 Å². The number of methoxy groups -OCH3 is 1. The Morgan fingerprint density at radius 2 is 2.16 bits per heavy atom. The third-order valence-corrected chi connectivity index (χ3v) is 3.68. The summed E-state index contributed by atoms with van der Waals surface area (Å²) < 4.78 is 5.34. The smallest absolute Gasteiger partial charge is 0.241 e. The number of aryl methyl sites for hydroxylation is 1. The van der Waals surface area contributed by atoms with Gasteiger partial charge >= 0.3 is 0 Å². The summed E-state index contributed by atoms with van der Waals surface area (Å²) in [6, 6.07) is 3.33. The van der Waals surface area contributed by atoms with Crippen LogP contribution >= 0.6 is 11.8 Å². The molecule has 0 aromatic heterocycles. The van der Waals surface area contributed by atoms with Crippen molar-refractivity contribution in [3.05, 3.63) is 23.3 Å². The van der Waals surface area contributed by atoms with Gasteiger partial charge in [-0.1, -0.05) is 6.07 Å². The lowest BCUT2D eigenvalue weighted by atomic mass is 10.1. The maximum Gasteiger partial charge on any atom is 0.241 e.